The van der Waals surface area contributed by atoms with E-state index in [0.29, 0.717) is 11.8 Å². The molecular formula is C15H25NO2S. The molecule has 0 saturated heterocycles. The third kappa shape index (κ3) is 5.74. The number of benzene rings is 1. The van der Waals surface area contributed by atoms with Gasteiger partial charge in [0, 0.05) is 34.7 Å². The lowest BCUT2D eigenvalue weighted by molar-refractivity contribution is 0.411. The molecule has 0 aromatic heterocycles. The van der Waals surface area contributed by atoms with Crippen molar-refractivity contribution in [3.05, 3.63) is 29.3 Å². The van der Waals surface area contributed by atoms with Gasteiger partial charge in [-0.1, -0.05) is 26.8 Å². The van der Waals surface area contributed by atoms with E-state index in [9.17, 15) is 4.21 Å². The molecule has 1 aromatic rings. The van der Waals surface area contributed by atoms with Crippen molar-refractivity contribution in [2.24, 2.45) is 0 Å². The van der Waals surface area contributed by atoms with E-state index in [2.05, 4.69) is 38.2 Å². The van der Waals surface area contributed by atoms with Gasteiger partial charge in [0.05, 0.1) is 12.9 Å². The summed E-state index contributed by atoms with van der Waals surface area (Å²) in [5.74, 6) is 2.15. The van der Waals surface area contributed by atoms with Crippen molar-refractivity contribution in [3.63, 3.8) is 0 Å². The lowest BCUT2D eigenvalue weighted by atomic mass is 10.1. The third-order valence-electron chi connectivity index (χ3n) is 2.81. The summed E-state index contributed by atoms with van der Waals surface area (Å²) in [5, 5.41) is 3.39. The lowest BCUT2D eigenvalue weighted by Crippen LogP contribution is -2.21. The van der Waals surface area contributed by atoms with Crippen LogP contribution in [0.4, 0.5) is 0 Å². The maximum Gasteiger partial charge on any atom is 0.123 e. The molecule has 3 nitrogen and oxygen atoms in total. The summed E-state index contributed by atoms with van der Waals surface area (Å²) in [6, 6.07) is 6.58. The molecule has 0 bridgehead atoms. The van der Waals surface area contributed by atoms with Crippen LogP contribution < -0.4 is 10.1 Å². The number of hydrogen-bond donors (Lipinski definition) is 1. The topological polar surface area (TPSA) is 38.3 Å². The van der Waals surface area contributed by atoms with E-state index in [1.807, 2.05) is 6.07 Å². The Morgan fingerprint density at radius 2 is 2.11 bits per heavy atom. The predicted octanol–water partition coefficient (Wildman–Crippen LogP) is 2.85. The van der Waals surface area contributed by atoms with Gasteiger partial charge in [0.15, 0.2) is 0 Å². The molecule has 4 heteroatoms. The first-order valence-corrected chi connectivity index (χ1v) is 8.29. The van der Waals surface area contributed by atoms with Gasteiger partial charge in [0.25, 0.3) is 0 Å². The predicted molar refractivity (Wildman–Crippen MR) is 82.0 cm³/mol. The highest BCUT2D eigenvalue weighted by atomic mass is 32.2. The van der Waals surface area contributed by atoms with Crippen molar-refractivity contribution >= 4 is 10.8 Å². The van der Waals surface area contributed by atoms with Crippen LogP contribution in [0.5, 0.6) is 5.75 Å². The fraction of sp³-hybridized carbons (Fsp3) is 0.600. The molecule has 0 fully saturated rings. The maximum atomic E-state index is 11.9. The molecule has 1 rings (SSSR count). The average molecular weight is 283 g/mol. The minimum atomic E-state index is -0.804. The fourth-order valence-electron chi connectivity index (χ4n) is 1.85. The number of ether oxygens (including phenoxy) is 1. The van der Waals surface area contributed by atoms with Crippen molar-refractivity contribution in [2.75, 3.05) is 12.9 Å². The Morgan fingerprint density at radius 1 is 1.37 bits per heavy atom. The summed E-state index contributed by atoms with van der Waals surface area (Å²) in [7, 11) is 0.856. The van der Waals surface area contributed by atoms with Crippen LogP contribution in [0.1, 0.15) is 38.3 Å². The minimum absolute atomic E-state index is 0.458. The molecule has 1 aromatic carbocycles. The van der Waals surface area contributed by atoms with E-state index in [1.54, 1.807) is 7.11 Å². The highest BCUT2D eigenvalue weighted by molar-refractivity contribution is 7.84. The summed E-state index contributed by atoms with van der Waals surface area (Å²) < 4.78 is 17.2. The molecule has 1 unspecified atom stereocenters. The molecule has 0 radical (unpaired) electrons. The molecule has 0 aliphatic carbocycles. The molecule has 108 valence electrons. The van der Waals surface area contributed by atoms with Crippen LogP contribution in [0, 0.1) is 0 Å². The first-order valence-electron chi connectivity index (χ1n) is 6.81. The Hall–Kier alpha value is -0.870. The van der Waals surface area contributed by atoms with E-state index in [4.69, 9.17) is 4.74 Å². The summed E-state index contributed by atoms with van der Waals surface area (Å²) in [5.41, 5.74) is 2.25. The molecular weight excluding hydrogens is 258 g/mol. The minimum Gasteiger partial charge on any atom is -0.496 e. The van der Waals surface area contributed by atoms with Crippen molar-refractivity contribution < 1.29 is 8.95 Å². The molecule has 1 N–H and O–H groups in total. The maximum absolute atomic E-state index is 11.9. The van der Waals surface area contributed by atoms with Crippen molar-refractivity contribution in [3.8, 4) is 5.75 Å². The zero-order valence-electron chi connectivity index (χ0n) is 12.4. The highest BCUT2D eigenvalue weighted by Gasteiger charge is 2.08. The van der Waals surface area contributed by atoms with Gasteiger partial charge in [-0.15, -0.1) is 0 Å². The SMILES string of the molecule is CCCS(=O)Cc1cc(CNC(C)C)ccc1OC. The van der Waals surface area contributed by atoms with Crippen LogP contribution in [-0.2, 0) is 23.1 Å². The van der Waals surface area contributed by atoms with Crippen LogP contribution >= 0.6 is 0 Å². The van der Waals surface area contributed by atoms with Gasteiger partial charge in [-0.2, -0.15) is 0 Å². The number of hydrogen-bond acceptors (Lipinski definition) is 3. The van der Waals surface area contributed by atoms with E-state index in [0.717, 1.165) is 30.0 Å². The Bertz CT molecular complexity index is 419. The summed E-state index contributed by atoms with van der Waals surface area (Å²) in [4.78, 5) is 0. The van der Waals surface area contributed by atoms with Gasteiger partial charge in [0.1, 0.15) is 5.75 Å². The molecule has 0 heterocycles. The van der Waals surface area contributed by atoms with Gasteiger partial charge in [0.2, 0.25) is 0 Å². The molecule has 0 aliphatic heterocycles. The second-order valence-corrected chi connectivity index (χ2v) is 6.55. The van der Waals surface area contributed by atoms with Gasteiger partial charge in [-0.05, 0) is 24.1 Å². The van der Waals surface area contributed by atoms with Crippen molar-refractivity contribution in [1.29, 1.82) is 0 Å². The van der Waals surface area contributed by atoms with Crippen LogP contribution in [0.15, 0.2) is 18.2 Å². The second-order valence-electron chi connectivity index (χ2n) is 4.97. The summed E-state index contributed by atoms with van der Waals surface area (Å²) >= 11 is 0. The third-order valence-corrected chi connectivity index (χ3v) is 4.30. The van der Waals surface area contributed by atoms with Gasteiger partial charge >= 0.3 is 0 Å². The Morgan fingerprint density at radius 3 is 2.68 bits per heavy atom. The van der Waals surface area contributed by atoms with Gasteiger partial charge in [-0.25, -0.2) is 0 Å². The molecule has 0 spiro atoms. The molecule has 0 amide bonds. The van der Waals surface area contributed by atoms with Crippen molar-refractivity contribution in [1.82, 2.24) is 5.32 Å². The average Bonchev–Trinajstić information content (AvgIpc) is 2.36. The second kappa shape index (κ2) is 8.33. The summed E-state index contributed by atoms with van der Waals surface area (Å²) in [6.45, 7) is 7.13. The van der Waals surface area contributed by atoms with Crippen LogP contribution in [0.25, 0.3) is 0 Å². The first kappa shape index (κ1) is 16.2. The Balaban J connectivity index is 2.80. The van der Waals surface area contributed by atoms with Crippen LogP contribution in [0.2, 0.25) is 0 Å². The molecule has 1 atom stereocenters. The van der Waals surface area contributed by atoms with E-state index < -0.39 is 10.8 Å². The highest BCUT2D eigenvalue weighted by Crippen LogP contribution is 2.21. The zero-order chi connectivity index (χ0) is 14.3. The molecule has 0 saturated carbocycles. The van der Waals surface area contributed by atoms with E-state index >= 15 is 0 Å². The Kier molecular flexibility index (Phi) is 7.10. The standard InChI is InChI=1S/C15H25NO2S/c1-5-8-19(17)11-14-9-13(10-16-12(2)3)6-7-15(14)18-4/h6-7,9,12,16H,5,8,10-11H2,1-4H3. The van der Waals surface area contributed by atoms with Crippen LogP contribution in [-0.4, -0.2) is 23.1 Å². The van der Waals surface area contributed by atoms with E-state index in [1.165, 1.54) is 5.56 Å². The van der Waals surface area contributed by atoms with Crippen LogP contribution in [0.3, 0.4) is 0 Å². The zero-order valence-corrected chi connectivity index (χ0v) is 13.2. The lowest BCUT2D eigenvalue weighted by Gasteiger charge is -2.12. The molecule has 0 aliphatic rings. The summed E-state index contributed by atoms with van der Waals surface area (Å²) in [6.07, 6.45) is 0.948. The fourth-order valence-corrected chi connectivity index (χ4v) is 3.02. The smallest absolute Gasteiger partial charge is 0.123 e. The quantitative estimate of drug-likeness (QED) is 0.797. The van der Waals surface area contributed by atoms with Gasteiger partial charge < -0.3 is 10.1 Å². The number of methoxy groups -OCH3 is 1. The van der Waals surface area contributed by atoms with Crippen molar-refractivity contribution in [2.45, 2.75) is 45.5 Å². The normalized spacial score (nSPS) is 12.7. The number of rotatable bonds is 8. The Labute approximate surface area is 119 Å². The molecule has 19 heavy (non-hydrogen) atoms. The number of nitrogens with one attached hydrogen (secondary N) is 1. The largest absolute Gasteiger partial charge is 0.496 e. The monoisotopic (exact) mass is 283 g/mol. The first-order chi connectivity index (χ1) is 9.06. The van der Waals surface area contributed by atoms with Gasteiger partial charge in [-0.3, -0.25) is 4.21 Å². The van der Waals surface area contributed by atoms with E-state index in [-0.39, 0.29) is 0 Å².